The van der Waals surface area contributed by atoms with Crippen molar-refractivity contribution in [3.05, 3.63) is 84.9 Å². The van der Waals surface area contributed by atoms with Gasteiger partial charge >= 0.3 is 6.03 Å². The highest BCUT2D eigenvalue weighted by atomic mass is 16.2. The molecule has 0 spiro atoms. The van der Waals surface area contributed by atoms with Crippen LogP contribution in [-0.4, -0.2) is 18.5 Å². The highest BCUT2D eigenvalue weighted by Gasteiger charge is 2.06. The maximum absolute atomic E-state index is 12.3. The normalized spacial score (nSPS) is 10.2. The minimum absolute atomic E-state index is 0.0882. The molecule has 0 bridgehead atoms. The number of fused-ring (bicyclic) bond motifs is 1. The van der Waals surface area contributed by atoms with E-state index in [9.17, 15) is 9.59 Å². The van der Waals surface area contributed by atoms with Crippen LogP contribution >= 0.6 is 0 Å². The summed E-state index contributed by atoms with van der Waals surface area (Å²) in [5, 5.41) is 10.5. The number of carbonyl (C=O) groups is 2. The Hall–Kier alpha value is -3.60. The van der Waals surface area contributed by atoms with Gasteiger partial charge in [0.1, 0.15) is 0 Å². The van der Waals surface area contributed by atoms with Crippen LogP contribution in [0.2, 0.25) is 0 Å². The van der Waals surface area contributed by atoms with E-state index in [1.165, 1.54) is 0 Å². The fourth-order valence-corrected chi connectivity index (χ4v) is 2.72. The summed E-state index contributed by atoms with van der Waals surface area (Å²) >= 11 is 0. The topological polar surface area (TPSA) is 70.2 Å². The fourth-order valence-electron chi connectivity index (χ4n) is 2.72. The van der Waals surface area contributed by atoms with E-state index in [-0.39, 0.29) is 11.9 Å². The third-order valence-electron chi connectivity index (χ3n) is 4.01. The van der Waals surface area contributed by atoms with Crippen LogP contribution < -0.4 is 16.0 Å². The smallest absolute Gasteiger partial charge is 0.319 e. The number of hydrogen-bond donors (Lipinski definition) is 3. The van der Waals surface area contributed by atoms with Gasteiger partial charge in [0.2, 0.25) is 5.91 Å². The second-order valence-corrected chi connectivity index (χ2v) is 6.11. The molecule has 5 heteroatoms. The second-order valence-electron chi connectivity index (χ2n) is 6.11. The standard InChI is InChI=1S/C22H21N3O2/c1-2-13-23-22(27)25-20-11-9-19(10-12-20)24-21(26)15-16-7-8-17-5-3-4-6-18(17)14-16/h2-12,14H,1,13,15H2,(H,24,26)(H2,23,25,27). The zero-order valence-electron chi connectivity index (χ0n) is 14.9. The summed E-state index contributed by atoms with van der Waals surface area (Å²) in [6.45, 7) is 3.94. The molecular formula is C22H21N3O2. The number of nitrogens with one attached hydrogen (secondary N) is 3. The zero-order valence-corrected chi connectivity index (χ0v) is 14.9. The third-order valence-corrected chi connectivity index (χ3v) is 4.01. The Balaban J connectivity index is 1.57. The Morgan fingerprint density at radius 2 is 1.52 bits per heavy atom. The molecule has 5 nitrogen and oxygen atoms in total. The zero-order chi connectivity index (χ0) is 19.1. The molecule has 3 aromatic rings. The molecule has 0 aliphatic heterocycles. The van der Waals surface area contributed by atoms with Gasteiger partial charge in [-0.3, -0.25) is 4.79 Å². The first kappa shape index (κ1) is 18.2. The molecule has 0 saturated carbocycles. The fraction of sp³-hybridized carbons (Fsp3) is 0.0909. The second kappa shape index (κ2) is 8.67. The van der Waals surface area contributed by atoms with Gasteiger partial charge in [-0.25, -0.2) is 4.79 Å². The number of carbonyl (C=O) groups excluding carboxylic acids is 2. The number of benzene rings is 3. The van der Waals surface area contributed by atoms with Crippen molar-refractivity contribution in [2.24, 2.45) is 0 Å². The first-order valence-electron chi connectivity index (χ1n) is 8.67. The van der Waals surface area contributed by atoms with Crippen LogP contribution in [0.3, 0.4) is 0 Å². The first-order chi connectivity index (χ1) is 13.1. The monoisotopic (exact) mass is 359 g/mol. The molecule has 0 unspecified atom stereocenters. The number of anilines is 2. The predicted molar refractivity (Wildman–Crippen MR) is 110 cm³/mol. The highest BCUT2D eigenvalue weighted by Crippen LogP contribution is 2.17. The predicted octanol–water partition coefficient (Wildman–Crippen LogP) is 4.33. The summed E-state index contributed by atoms with van der Waals surface area (Å²) in [5.74, 6) is -0.0882. The largest absolute Gasteiger partial charge is 0.334 e. The Morgan fingerprint density at radius 1 is 0.852 bits per heavy atom. The van der Waals surface area contributed by atoms with Gasteiger partial charge in [0, 0.05) is 17.9 Å². The Bertz CT molecular complexity index is 965. The minimum atomic E-state index is -0.303. The summed E-state index contributed by atoms with van der Waals surface area (Å²) in [6, 6.07) is 20.8. The highest BCUT2D eigenvalue weighted by molar-refractivity contribution is 5.94. The number of urea groups is 1. The molecule has 3 N–H and O–H groups in total. The Morgan fingerprint density at radius 3 is 2.22 bits per heavy atom. The number of rotatable bonds is 6. The quantitative estimate of drug-likeness (QED) is 0.573. The summed E-state index contributed by atoms with van der Waals surface area (Å²) in [7, 11) is 0. The third kappa shape index (κ3) is 5.19. The van der Waals surface area contributed by atoms with E-state index in [2.05, 4.69) is 22.5 Å². The van der Waals surface area contributed by atoms with Crippen molar-refractivity contribution in [1.82, 2.24) is 5.32 Å². The van der Waals surface area contributed by atoms with Crippen LogP contribution in [0.1, 0.15) is 5.56 Å². The van der Waals surface area contributed by atoms with Crippen molar-refractivity contribution >= 4 is 34.1 Å². The average Bonchev–Trinajstić information content (AvgIpc) is 2.68. The molecule has 0 aliphatic carbocycles. The van der Waals surface area contributed by atoms with Gasteiger partial charge < -0.3 is 16.0 Å². The summed E-state index contributed by atoms with van der Waals surface area (Å²) in [4.78, 5) is 23.9. The van der Waals surface area contributed by atoms with E-state index in [1.54, 1.807) is 30.3 Å². The molecule has 0 aliphatic rings. The lowest BCUT2D eigenvalue weighted by molar-refractivity contribution is -0.115. The van der Waals surface area contributed by atoms with E-state index in [0.29, 0.717) is 24.3 Å². The number of amides is 3. The van der Waals surface area contributed by atoms with Gasteiger partial charge in [-0.1, -0.05) is 48.5 Å². The molecule has 3 rings (SSSR count). The molecule has 136 valence electrons. The van der Waals surface area contributed by atoms with Gasteiger partial charge in [-0.05, 0) is 40.6 Å². The molecule has 0 fully saturated rings. The van der Waals surface area contributed by atoms with Crippen LogP contribution in [-0.2, 0) is 11.2 Å². The van der Waals surface area contributed by atoms with E-state index < -0.39 is 0 Å². The summed E-state index contributed by atoms with van der Waals surface area (Å²) in [5.41, 5.74) is 2.28. The SMILES string of the molecule is C=CCNC(=O)Nc1ccc(NC(=O)Cc2ccc3ccccc3c2)cc1. The lowest BCUT2D eigenvalue weighted by atomic mass is 10.0. The molecule has 0 aromatic heterocycles. The number of hydrogen-bond acceptors (Lipinski definition) is 2. The van der Waals surface area contributed by atoms with E-state index >= 15 is 0 Å². The van der Waals surface area contributed by atoms with Crippen molar-refractivity contribution in [3.63, 3.8) is 0 Å². The van der Waals surface area contributed by atoms with E-state index in [0.717, 1.165) is 16.3 Å². The summed E-state index contributed by atoms with van der Waals surface area (Å²) < 4.78 is 0. The van der Waals surface area contributed by atoms with Gasteiger partial charge in [-0.15, -0.1) is 6.58 Å². The maximum atomic E-state index is 12.3. The molecule has 0 radical (unpaired) electrons. The van der Waals surface area contributed by atoms with Gasteiger partial charge in [0.05, 0.1) is 6.42 Å². The molecule has 3 aromatic carbocycles. The van der Waals surface area contributed by atoms with E-state index in [4.69, 9.17) is 0 Å². The minimum Gasteiger partial charge on any atom is -0.334 e. The van der Waals surface area contributed by atoms with Crippen LogP contribution in [0.4, 0.5) is 16.2 Å². The van der Waals surface area contributed by atoms with Crippen LogP contribution in [0.25, 0.3) is 10.8 Å². The molecule has 0 heterocycles. The van der Waals surface area contributed by atoms with Crippen molar-refractivity contribution in [1.29, 1.82) is 0 Å². The van der Waals surface area contributed by atoms with Crippen molar-refractivity contribution in [3.8, 4) is 0 Å². The van der Waals surface area contributed by atoms with Crippen molar-refractivity contribution < 1.29 is 9.59 Å². The van der Waals surface area contributed by atoms with E-state index in [1.807, 2.05) is 42.5 Å². The molecular weight excluding hydrogens is 338 g/mol. The van der Waals surface area contributed by atoms with Crippen LogP contribution in [0, 0.1) is 0 Å². The molecule has 0 saturated heterocycles. The Kier molecular flexibility index (Phi) is 5.84. The van der Waals surface area contributed by atoms with Crippen LogP contribution in [0.5, 0.6) is 0 Å². The van der Waals surface area contributed by atoms with Crippen molar-refractivity contribution in [2.75, 3.05) is 17.2 Å². The molecule has 3 amide bonds. The van der Waals surface area contributed by atoms with Gasteiger partial charge in [0.15, 0.2) is 0 Å². The molecule has 27 heavy (non-hydrogen) atoms. The molecule has 0 atom stereocenters. The summed E-state index contributed by atoms with van der Waals surface area (Å²) in [6.07, 6.45) is 1.91. The maximum Gasteiger partial charge on any atom is 0.319 e. The lowest BCUT2D eigenvalue weighted by Crippen LogP contribution is -2.28. The first-order valence-corrected chi connectivity index (χ1v) is 8.67. The van der Waals surface area contributed by atoms with Gasteiger partial charge in [-0.2, -0.15) is 0 Å². The average molecular weight is 359 g/mol. The van der Waals surface area contributed by atoms with Crippen LogP contribution in [0.15, 0.2) is 79.4 Å². The van der Waals surface area contributed by atoms with Crippen molar-refractivity contribution in [2.45, 2.75) is 6.42 Å². The Labute approximate surface area is 158 Å². The lowest BCUT2D eigenvalue weighted by Gasteiger charge is -2.09. The van der Waals surface area contributed by atoms with Gasteiger partial charge in [0.25, 0.3) is 0 Å².